The van der Waals surface area contributed by atoms with Crippen molar-refractivity contribution in [2.75, 3.05) is 0 Å². The van der Waals surface area contributed by atoms with Gasteiger partial charge in [0, 0.05) is 0 Å². The summed E-state index contributed by atoms with van der Waals surface area (Å²) in [6.07, 6.45) is 1.13. The summed E-state index contributed by atoms with van der Waals surface area (Å²) in [4.78, 5) is 0. The summed E-state index contributed by atoms with van der Waals surface area (Å²) in [5, 5.41) is 4.78. The smallest absolute Gasteiger partial charge is 1.00 e. The van der Waals surface area contributed by atoms with E-state index in [2.05, 4.69) is 130 Å². The number of benzene rings is 4. The summed E-state index contributed by atoms with van der Waals surface area (Å²) in [6.45, 7) is 7.31. The monoisotopic (exact) mass is 627 g/mol. The minimum Gasteiger partial charge on any atom is -1.00 e. The van der Waals surface area contributed by atoms with Gasteiger partial charge in [-0.15, -0.1) is 0 Å². The van der Waals surface area contributed by atoms with Crippen molar-refractivity contribution in [2.24, 2.45) is 5.41 Å². The van der Waals surface area contributed by atoms with Crippen LogP contribution >= 0.6 is 0 Å². The molecule has 4 aromatic carbocycles. The molecule has 2 aliphatic carbocycles. The van der Waals surface area contributed by atoms with Crippen LogP contribution in [-0.4, -0.2) is 8.80 Å². The van der Waals surface area contributed by atoms with Crippen molar-refractivity contribution in [3.8, 4) is 11.1 Å². The topological polar surface area (TPSA) is 0 Å². The first-order valence-electron chi connectivity index (χ1n) is 12.9. The van der Waals surface area contributed by atoms with Crippen LogP contribution in [0, 0.1) is 5.41 Å². The van der Waals surface area contributed by atoms with Gasteiger partial charge in [-0.05, 0) is 0 Å². The molecule has 0 aliphatic heterocycles. The number of rotatable bonds is 4. The molecule has 4 aromatic rings. The molecule has 2 aliphatic rings. The molecule has 0 unspecified atom stereocenters. The maximum atomic E-state index is 2.44. The predicted octanol–water partition coefficient (Wildman–Crippen LogP) is 0.935. The number of fused-ring (bicyclic) bond motifs is 3. The Hall–Kier alpha value is -1.96. The summed E-state index contributed by atoms with van der Waals surface area (Å²) < 4.78 is 1.64. The molecular formula is C34H31Cl2SiZr. The van der Waals surface area contributed by atoms with E-state index in [1.165, 1.54) is 32.6 Å². The van der Waals surface area contributed by atoms with E-state index >= 15 is 0 Å². The zero-order chi connectivity index (χ0) is 24.9. The number of hydrogen-bond acceptors (Lipinski definition) is 0. The fraction of sp³-hybridized carbons (Fsp3) is 0.176. The fourth-order valence-corrected chi connectivity index (χ4v) is 11.8. The van der Waals surface area contributed by atoms with E-state index in [9.17, 15) is 0 Å². The Balaban J connectivity index is 0.00000168. The second kappa shape index (κ2) is 11.6. The summed E-state index contributed by atoms with van der Waals surface area (Å²) in [5.41, 5.74) is 9.12. The molecule has 0 heterocycles. The van der Waals surface area contributed by atoms with E-state index in [1.54, 1.807) is 44.3 Å². The first-order valence-corrected chi connectivity index (χ1v) is 15.9. The minimum absolute atomic E-state index is 0. The molecular weight excluding hydrogens is 599 g/mol. The summed E-state index contributed by atoms with van der Waals surface area (Å²) in [5.74, 6) is 0.333. The molecule has 0 aromatic heterocycles. The van der Waals surface area contributed by atoms with Crippen LogP contribution in [0.1, 0.15) is 44.2 Å². The number of hydrogen-bond donors (Lipinski definition) is 0. The summed E-state index contributed by atoms with van der Waals surface area (Å²) >= 11 is 1.56. The molecule has 0 N–H and O–H groups in total. The van der Waals surface area contributed by atoms with Crippen LogP contribution < -0.4 is 35.2 Å². The van der Waals surface area contributed by atoms with E-state index in [0.29, 0.717) is 5.92 Å². The largest absolute Gasteiger partial charge is 1.00 e. The van der Waals surface area contributed by atoms with Crippen LogP contribution in [0.15, 0.2) is 129 Å². The maximum absolute atomic E-state index is 2.44. The second-order valence-corrected chi connectivity index (χ2v) is 15.5. The van der Waals surface area contributed by atoms with Crippen LogP contribution in [0.3, 0.4) is 0 Å². The molecule has 0 spiro atoms. The van der Waals surface area contributed by atoms with Crippen LogP contribution in [0.4, 0.5) is 0 Å². The van der Waals surface area contributed by atoms with Crippen LogP contribution in [0.25, 0.3) is 11.1 Å². The fourth-order valence-electron chi connectivity index (χ4n) is 6.50. The molecule has 6 rings (SSSR count). The molecule has 38 heavy (non-hydrogen) atoms. The Morgan fingerprint density at radius 3 is 1.50 bits per heavy atom. The quantitative estimate of drug-likeness (QED) is 0.295. The maximum Gasteiger partial charge on any atom is -1.00 e. The predicted molar refractivity (Wildman–Crippen MR) is 151 cm³/mol. The minimum atomic E-state index is -1.60. The Bertz CT molecular complexity index is 1420. The van der Waals surface area contributed by atoms with Gasteiger partial charge in [-0.2, -0.15) is 0 Å². The molecule has 0 nitrogen and oxygen atoms in total. The van der Waals surface area contributed by atoms with Crippen molar-refractivity contribution in [3.63, 3.8) is 0 Å². The van der Waals surface area contributed by atoms with Crippen molar-refractivity contribution in [3.05, 3.63) is 140 Å². The zero-order valence-electron chi connectivity index (χ0n) is 22.0. The van der Waals surface area contributed by atoms with E-state index in [1.807, 2.05) is 0 Å². The van der Waals surface area contributed by atoms with Gasteiger partial charge in [0.15, 0.2) is 0 Å². The Kier molecular flexibility index (Phi) is 8.90. The van der Waals surface area contributed by atoms with Crippen LogP contribution in [-0.2, 0) is 24.7 Å². The van der Waals surface area contributed by atoms with Crippen LogP contribution in [0.5, 0.6) is 0 Å². The van der Waals surface area contributed by atoms with Gasteiger partial charge in [-0.3, -0.25) is 0 Å². The third-order valence-electron chi connectivity index (χ3n) is 7.77. The average Bonchev–Trinajstić information content (AvgIpc) is 3.40. The first-order chi connectivity index (χ1) is 17.4. The molecule has 0 saturated heterocycles. The molecule has 0 amide bonds. The molecule has 0 radical (unpaired) electrons. The number of allylic oxidation sites excluding steroid dienone is 4. The summed E-state index contributed by atoms with van der Waals surface area (Å²) in [7, 11) is -1.60. The Labute approximate surface area is 256 Å². The molecule has 0 fully saturated rings. The normalized spacial score (nSPS) is 14.8. The van der Waals surface area contributed by atoms with Gasteiger partial charge in [0.2, 0.25) is 0 Å². The van der Waals surface area contributed by atoms with E-state index in [4.69, 9.17) is 0 Å². The van der Waals surface area contributed by atoms with Crippen molar-refractivity contribution in [2.45, 2.75) is 33.1 Å². The van der Waals surface area contributed by atoms with Gasteiger partial charge < -0.3 is 24.8 Å². The van der Waals surface area contributed by atoms with E-state index < -0.39 is 8.80 Å². The van der Waals surface area contributed by atoms with Gasteiger partial charge >= 0.3 is 233 Å². The van der Waals surface area contributed by atoms with E-state index in [0.717, 1.165) is 6.42 Å². The van der Waals surface area contributed by atoms with Gasteiger partial charge in [-0.25, -0.2) is 0 Å². The number of halogens is 2. The standard InChI is InChI=1S/C34H31Si.2ClH.Zr/c1-34(2,3)33-30(32-28-20-12-10-18-26(28)27-19-11-13-21-29(27)32)22-23-31(33)35(24-14-6-4-7-15-24)25-16-8-5-9-17-25;;;/h4-21,32,35H,23H2,1-3H3;2*1H;/q;;;+2/p-2. The Morgan fingerprint density at radius 1 is 0.632 bits per heavy atom. The SMILES string of the molecule is CC(C)(C)C1=C([SiH](c2ccccc2)c2ccccc2)C[C]([Zr+2])=C1C1c2ccccc2-c2ccccc21.[Cl-].[Cl-]. The van der Waals surface area contributed by atoms with E-state index in [-0.39, 0.29) is 30.2 Å². The van der Waals surface area contributed by atoms with Crippen molar-refractivity contribution >= 4 is 19.2 Å². The Morgan fingerprint density at radius 2 is 1.05 bits per heavy atom. The summed E-state index contributed by atoms with van der Waals surface area (Å²) in [6, 6.07) is 40.9. The van der Waals surface area contributed by atoms with Crippen molar-refractivity contribution < 1.29 is 49.5 Å². The molecule has 0 bridgehead atoms. The van der Waals surface area contributed by atoms with Crippen molar-refractivity contribution in [1.82, 2.24) is 0 Å². The third-order valence-corrected chi connectivity index (χ3v) is 12.2. The van der Waals surface area contributed by atoms with Crippen LogP contribution in [0.2, 0.25) is 0 Å². The molecule has 0 saturated carbocycles. The van der Waals surface area contributed by atoms with Gasteiger partial charge in [0.1, 0.15) is 0 Å². The van der Waals surface area contributed by atoms with Gasteiger partial charge in [-0.1, -0.05) is 0 Å². The molecule has 0 atom stereocenters. The van der Waals surface area contributed by atoms with Gasteiger partial charge in [0.05, 0.1) is 0 Å². The third kappa shape index (κ3) is 5.02. The van der Waals surface area contributed by atoms with Crippen molar-refractivity contribution in [1.29, 1.82) is 0 Å². The first kappa shape index (κ1) is 29.0. The molecule has 189 valence electrons. The second-order valence-electron chi connectivity index (χ2n) is 11.1. The average molecular weight is 630 g/mol. The zero-order valence-corrected chi connectivity index (χ0v) is 27.1. The molecule has 4 heteroatoms. The van der Waals surface area contributed by atoms with Gasteiger partial charge in [0.25, 0.3) is 0 Å².